The molecular weight excluding hydrogens is 406 g/mol. The zero-order valence-electron chi connectivity index (χ0n) is 16.9. The molecule has 1 aromatic rings. The summed E-state index contributed by atoms with van der Waals surface area (Å²) in [5.74, 6) is -0.592. The Labute approximate surface area is 176 Å². The molecule has 1 unspecified atom stereocenters. The summed E-state index contributed by atoms with van der Waals surface area (Å²) in [6, 6.07) is 4.60. The van der Waals surface area contributed by atoms with Crippen LogP contribution in [0.25, 0.3) is 0 Å². The molecule has 30 heavy (non-hydrogen) atoms. The Morgan fingerprint density at radius 2 is 1.83 bits per heavy atom. The number of hydrogen-bond acceptors (Lipinski definition) is 5. The molecule has 2 fully saturated rings. The molecule has 3 aliphatic rings. The third kappa shape index (κ3) is 4.57. The summed E-state index contributed by atoms with van der Waals surface area (Å²) in [5, 5.41) is 2.29. The minimum atomic E-state index is -3.36. The van der Waals surface area contributed by atoms with E-state index in [4.69, 9.17) is 0 Å². The van der Waals surface area contributed by atoms with E-state index >= 15 is 0 Å². The van der Waals surface area contributed by atoms with Crippen molar-refractivity contribution in [3.05, 3.63) is 34.9 Å². The van der Waals surface area contributed by atoms with Gasteiger partial charge in [-0.15, -0.1) is 0 Å². The Bertz CT molecular complexity index is 969. The zero-order valence-corrected chi connectivity index (χ0v) is 17.7. The highest BCUT2D eigenvalue weighted by Gasteiger charge is 2.39. The molecule has 1 saturated carbocycles. The van der Waals surface area contributed by atoms with Gasteiger partial charge in [0, 0.05) is 25.1 Å². The van der Waals surface area contributed by atoms with Gasteiger partial charge < -0.3 is 4.90 Å². The van der Waals surface area contributed by atoms with Gasteiger partial charge in [-0.25, -0.2) is 13.1 Å². The number of hydrogen-bond donors (Lipinski definition) is 2. The Balaban J connectivity index is 1.39. The molecule has 9 heteroatoms. The van der Waals surface area contributed by atoms with Crippen LogP contribution in [0, 0.1) is 5.92 Å². The first kappa shape index (κ1) is 21.0. The number of carbonyl (C=O) groups is 3. The van der Waals surface area contributed by atoms with Gasteiger partial charge in [0.05, 0.1) is 5.75 Å². The summed E-state index contributed by atoms with van der Waals surface area (Å²) >= 11 is 0. The summed E-state index contributed by atoms with van der Waals surface area (Å²) < 4.78 is 27.6. The van der Waals surface area contributed by atoms with E-state index in [1.54, 1.807) is 12.1 Å². The van der Waals surface area contributed by atoms with Crippen molar-refractivity contribution in [2.45, 2.75) is 64.1 Å². The quantitative estimate of drug-likeness (QED) is 0.660. The fourth-order valence-corrected chi connectivity index (χ4v) is 6.11. The summed E-state index contributed by atoms with van der Waals surface area (Å²) in [6.45, 7) is 0.456. The monoisotopic (exact) mass is 433 g/mol. The fourth-order valence-electron chi connectivity index (χ4n) is 4.65. The number of imide groups is 1. The lowest BCUT2D eigenvalue weighted by Crippen LogP contribution is -2.52. The van der Waals surface area contributed by atoms with Crippen LogP contribution >= 0.6 is 0 Å². The average Bonchev–Trinajstić information content (AvgIpc) is 3.03. The molecule has 1 saturated heterocycles. The Morgan fingerprint density at radius 1 is 1.07 bits per heavy atom. The first-order valence-corrected chi connectivity index (χ1v) is 12.2. The largest absolute Gasteiger partial charge is 0.322 e. The van der Waals surface area contributed by atoms with Crippen molar-refractivity contribution >= 4 is 27.7 Å². The maximum atomic E-state index is 12.7. The van der Waals surface area contributed by atoms with E-state index in [0.717, 1.165) is 36.8 Å². The number of nitrogens with zero attached hydrogens (tertiary/aromatic N) is 1. The molecule has 8 nitrogen and oxygen atoms in total. The summed E-state index contributed by atoms with van der Waals surface area (Å²) in [4.78, 5) is 37.7. The second-order valence-electron chi connectivity index (χ2n) is 8.50. The van der Waals surface area contributed by atoms with Gasteiger partial charge in [0.1, 0.15) is 6.04 Å². The van der Waals surface area contributed by atoms with Crippen LogP contribution in [0.1, 0.15) is 66.4 Å². The number of fused-ring (bicyclic) bond motifs is 1. The van der Waals surface area contributed by atoms with Gasteiger partial charge >= 0.3 is 0 Å². The lowest BCUT2D eigenvalue weighted by molar-refractivity contribution is -0.136. The van der Waals surface area contributed by atoms with Gasteiger partial charge in [0.2, 0.25) is 21.8 Å². The van der Waals surface area contributed by atoms with Crippen molar-refractivity contribution in [1.82, 2.24) is 14.9 Å². The normalized spacial score (nSPS) is 22.9. The van der Waals surface area contributed by atoms with E-state index in [1.807, 2.05) is 6.07 Å². The Kier molecular flexibility index (Phi) is 5.92. The predicted molar refractivity (Wildman–Crippen MR) is 110 cm³/mol. The van der Waals surface area contributed by atoms with Crippen molar-refractivity contribution < 1.29 is 22.8 Å². The van der Waals surface area contributed by atoms with Gasteiger partial charge in [-0.05, 0) is 42.4 Å². The third-order valence-electron chi connectivity index (χ3n) is 6.26. The molecule has 2 aliphatic heterocycles. The highest BCUT2D eigenvalue weighted by atomic mass is 32.2. The SMILES string of the molecule is O=C1CCC(N2Cc3cc(CNS(=O)(=O)CC4CCCCC4)ccc3C2=O)C(=O)N1. The van der Waals surface area contributed by atoms with Gasteiger partial charge in [-0.2, -0.15) is 0 Å². The van der Waals surface area contributed by atoms with Crippen molar-refractivity contribution in [3.8, 4) is 0 Å². The molecule has 1 atom stereocenters. The Morgan fingerprint density at radius 3 is 2.57 bits per heavy atom. The molecular formula is C21H27N3O5S. The number of nitrogens with one attached hydrogen (secondary N) is 2. The van der Waals surface area contributed by atoms with Gasteiger partial charge in [-0.3, -0.25) is 19.7 Å². The van der Waals surface area contributed by atoms with Crippen LogP contribution in [-0.2, 0) is 32.7 Å². The van der Waals surface area contributed by atoms with Crippen molar-refractivity contribution in [1.29, 1.82) is 0 Å². The molecule has 0 aromatic heterocycles. The Hall–Kier alpha value is -2.26. The first-order chi connectivity index (χ1) is 14.3. The number of sulfonamides is 1. The number of carbonyl (C=O) groups excluding carboxylic acids is 3. The molecule has 2 N–H and O–H groups in total. The standard InChI is InChI=1S/C21H27N3O5S/c25-19-9-8-18(20(26)23-19)24-12-16-10-15(6-7-17(16)21(24)27)11-22-30(28,29)13-14-4-2-1-3-5-14/h6-7,10,14,18,22H,1-5,8-9,11-13H2,(H,23,25,26). The van der Waals surface area contributed by atoms with Crippen LogP contribution in [0.5, 0.6) is 0 Å². The molecule has 0 radical (unpaired) electrons. The maximum absolute atomic E-state index is 12.7. The minimum absolute atomic E-state index is 0.166. The highest BCUT2D eigenvalue weighted by molar-refractivity contribution is 7.89. The lowest BCUT2D eigenvalue weighted by Gasteiger charge is -2.29. The summed E-state index contributed by atoms with van der Waals surface area (Å²) in [6.07, 6.45) is 5.86. The number of piperidine rings is 1. The molecule has 0 spiro atoms. The number of amides is 3. The van der Waals surface area contributed by atoms with Gasteiger partial charge in [0.15, 0.2) is 0 Å². The molecule has 2 heterocycles. The molecule has 162 valence electrons. The number of rotatable bonds is 6. The predicted octanol–water partition coefficient (Wildman–Crippen LogP) is 1.45. The van der Waals surface area contributed by atoms with E-state index in [1.165, 1.54) is 11.3 Å². The maximum Gasteiger partial charge on any atom is 0.255 e. The van der Waals surface area contributed by atoms with E-state index < -0.39 is 22.0 Å². The van der Waals surface area contributed by atoms with Crippen LogP contribution in [0.2, 0.25) is 0 Å². The van der Waals surface area contributed by atoms with Crippen LogP contribution in [0.15, 0.2) is 18.2 Å². The topological polar surface area (TPSA) is 113 Å². The van der Waals surface area contributed by atoms with Crippen molar-refractivity contribution in [2.24, 2.45) is 5.92 Å². The van der Waals surface area contributed by atoms with E-state index in [-0.39, 0.29) is 43.0 Å². The van der Waals surface area contributed by atoms with Gasteiger partial charge in [0.25, 0.3) is 5.91 Å². The second-order valence-corrected chi connectivity index (χ2v) is 10.3. The minimum Gasteiger partial charge on any atom is -0.322 e. The molecule has 0 bridgehead atoms. The van der Waals surface area contributed by atoms with Crippen LogP contribution < -0.4 is 10.0 Å². The van der Waals surface area contributed by atoms with E-state index in [2.05, 4.69) is 10.0 Å². The summed E-state index contributed by atoms with van der Waals surface area (Å²) in [7, 11) is -3.36. The highest BCUT2D eigenvalue weighted by Crippen LogP contribution is 2.28. The molecule has 1 aliphatic carbocycles. The third-order valence-corrected chi connectivity index (χ3v) is 7.76. The number of benzene rings is 1. The zero-order chi connectivity index (χ0) is 21.3. The molecule has 3 amide bonds. The second kappa shape index (κ2) is 8.47. The smallest absolute Gasteiger partial charge is 0.255 e. The van der Waals surface area contributed by atoms with E-state index in [9.17, 15) is 22.8 Å². The van der Waals surface area contributed by atoms with Crippen LogP contribution in [-0.4, -0.2) is 42.8 Å². The van der Waals surface area contributed by atoms with E-state index in [0.29, 0.717) is 12.0 Å². The summed E-state index contributed by atoms with van der Waals surface area (Å²) in [5.41, 5.74) is 2.07. The van der Waals surface area contributed by atoms with Crippen molar-refractivity contribution in [2.75, 3.05) is 5.75 Å². The molecule has 1 aromatic carbocycles. The first-order valence-electron chi connectivity index (χ1n) is 10.6. The van der Waals surface area contributed by atoms with Gasteiger partial charge in [-0.1, -0.05) is 31.4 Å². The van der Waals surface area contributed by atoms with Crippen LogP contribution in [0.4, 0.5) is 0 Å². The average molecular weight is 434 g/mol. The van der Waals surface area contributed by atoms with Crippen LogP contribution in [0.3, 0.4) is 0 Å². The van der Waals surface area contributed by atoms with Crippen molar-refractivity contribution in [3.63, 3.8) is 0 Å². The fraction of sp³-hybridized carbons (Fsp3) is 0.571. The lowest BCUT2D eigenvalue weighted by atomic mass is 9.91. The molecule has 4 rings (SSSR count).